The van der Waals surface area contributed by atoms with Crippen LogP contribution in [0.3, 0.4) is 0 Å². The number of nitrogens with zero attached hydrogens (tertiary/aromatic N) is 4. The maximum Gasteiger partial charge on any atom is 0.235 e. The first-order valence-electron chi connectivity index (χ1n) is 13.7. The van der Waals surface area contributed by atoms with Crippen molar-refractivity contribution in [2.45, 2.75) is 62.8 Å². The fraction of sp³-hybridized carbons (Fsp3) is 0.667. The first-order chi connectivity index (χ1) is 17.8. The summed E-state index contributed by atoms with van der Waals surface area (Å²) in [6, 6.07) is 6.89. The third-order valence-electron chi connectivity index (χ3n) is 9.03. The fourth-order valence-electron chi connectivity index (χ4n) is 6.96. The lowest BCUT2D eigenvalue weighted by molar-refractivity contribution is -0.134. The molecule has 6 rings (SSSR count). The summed E-state index contributed by atoms with van der Waals surface area (Å²) in [6.07, 6.45) is 6.27. The summed E-state index contributed by atoms with van der Waals surface area (Å²) >= 11 is 0. The molecular weight excluding hydrogens is 488 g/mol. The lowest BCUT2D eigenvalue weighted by Crippen LogP contribution is -2.65. The van der Waals surface area contributed by atoms with Gasteiger partial charge in [-0.15, -0.1) is 0 Å². The van der Waals surface area contributed by atoms with Crippen LogP contribution in [0.4, 0.5) is 0 Å². The number of hydrogen-bond acceptors (Lipinski definition) is 6. The Balaban J connectivity index is 0.996. The maximum atomic E-state index is 12.6. The average Bonchev–Trinajstić information content (AvgIpc) is 3.16. The fourth-order valence-corrected chi connectivity index (χ4v) is 8.43. The summed E-state index contributed by atoms with van der Waals surface area (Å²) in [5.74, 6) is 0.452. The van der Waals surface area contributed by atoms with Gasteiger partial charge < -0.3 is 10.6 Å². The molecule has 37 heavy (non-hydrogen) atoms. The number of likely N-dealkylation sites (tertiary alicyclic amines) is 1. The number of aryl methyl sites for hydroxylation is 1. The summed E-state index contributed by atoms with van der Waals surface area (Å²) in [5, 5.41) is 8.13. The number of imide groups is 1. The van der Waals surface area contributed by atoms with Crippen LogP contribution < -0.4 is 11.1 Å². The maximum absolute atomic E-state index is 12.6. The Bertz CT molecular complexity index is 1220. The zero-order chi connectivity index (χ0) is 25.7. The number of piperidine rings is 2. The highest BCUT2D eigenvalue weighted by atomic mass is 32.2. The van der Waals surface area contributed by atoms with Gasteiger partial charge in [0.05, 0.1) is 28.1 Å². The van der Waals surface area contributed by atoms with E-state index in [0.29, 0.717) is 30.2 Å². The van der Waals surface area contributed by atoms with Gasteiger partial charge in [0, 0.05) is 49.2 Å². The number of benzene rings is 1. The van der Waals surface area contributed by atoms with E-state index in [1.54, 1.807) is 0 Å². The molecule has 2 atom stereocenters. The van der Waals surface area contributed by atoms with Gasteiger partial charge in [0.15, 0.2) is 0 Å². The Morgan fingerprint density at radius 1 is 1.16 bits per heavy atom. The molecule has 3 N–H and O–H groups in total. The third kappa shape index (κ3) is 4.89. The molecule has 2 unspecified atom stereocenters. The van der Waals surface area contributed by atoms with Gasteiger partial charge in [-0.2, -0.15) is 5.10 Å². The summed E-state index contributed by atoms with van der Waals surface area (Å²) in [5.41, 5.74) is 9.46. The topological polar surface area (TPSA) is 114 Å². The van der Waals surface area contributed by atoms with Gasteiger partial charge in [0.25, 0.3) is 0 Å². The van der Waals surface area contributed by atoms with Gasteiger partial charge in [-0.05, 0) is 75.7 Å². The molecule has 200 valence electrons. The molecule has 3 saturated heterocycles. The van der Waals surface area contributed by atoms with Crippen molar-refractivity contribution in [1.82, 2.24) is 24.3 Å². The number of rotatable bonds is 7. The van der Waals surface area contributed by atoms with Crippen LogP contribution in [0.2, 0.25) is 0 Å². The number of carbonyl (C=O) groups is 2. The first-order valence-corrected chi connectivity index (χ1v) is 15.0. The van der Waals surface area contributed by atoms with E-state index in [1.807, 2.05) is 11.7 Å². The van der Waals surface area contributed by atoms with E-state index >= 15 is 0 Å². The molecule has 10 heteroatoms. The molecule has 3 aliphatic heterocycles. The third-order valence-corrected chi connectivity index (χ3v) is 10.5. The average molecular weight is 527 g/mol. The van der Waals surface area contributed by atoms with Crippen molar-refractivity contribution in [3.05, 3.63) is 29.5 Å². The van der Waals surface area contributed by atoms with E-state index in [-0.39, 0.29) is 17.7 Å². The van der Waals surface area contributed by atoms with Crippen LogP contribution in [0.25, 0.3) is 10.9 Å². The molecule has 0 radical (unpaired) electrons. The van der Waals surface area contributed by atoms with E-state index in [9.17, 15) is 13.8 Å². The lowest BCUT2D eigenvalue weighted by Gasteiger charge is -2.57. The Labute approximate surface area is 220 Å². The summed E-state index contributed by atoms with van der Waals surface area (Å²) in [6.45, 7) is 5.07. The van der Waals surface area contributed by atoms with Gasteiger partial charge in [0.2, 0.25) is 11.8 Å². The smallest absolute Gasteiger partial charge is 0.235 e. The van der Waals surface area contributed by atoms with E-state index in [0.717, 1.165) is 87.2 Å². The van der Waals surface area contributed by atoms with Gasteiger partial charge in [-0.1, -0.05) is 12.1 Å². The predicted molar refractivity (Wildman–Crippen MR) is 143 cm³/mol. The minimum absolute atomic E-state index is 0.202. The quantitative estimate of drug-likeness (QED) is 0.532. The second-order valence-electron chi connectivity index (χ2n) is 11.8. The second-order valence-corrected chi connectivity index (χ2v) is 13.3. The predicted octanol–water partition coefficient (Wildman–Crippen LogP) is 1.75. The first kappa shape index (κ1) is 25.2. The molecule has 4 aliphatic rings. The number of fused-ring (bicyclic) bond motifs is 1. The molecule has 4 heterocycles. The van der Waals surface area contributed by atoms with Crippen LogP contribution >= 0.6 is 0 Å². The number of carbonyl (C=O) groups excluding carboxylic acids is 2. The van der Waals surface area contributed by atoms with Gasteiger partial charge in [-0.25, -0.2) is 8.51 Å². The molecule has 1 spiro atoms. The van der Waals surface area contributed by atoms with Crippen LogP contribution in [0.15, 0.2) is 18.2 Å². The van der Waals surface area contributed by atoms with Crippen LogP contribution in [0.1, 0.15) is 68.0 Å². The van der Waals surface area contributed by atoms with Gasteiger partial charge in [0.1, 0.15) is 0 Å². The van der Waals surface area contributed by atoms with E-state index in [4.69, 9.17) is 5.73 Å². The van der Waals surface area contributed by atoms with E-state index < -0.39 is 11.0 Å². The Hall–Kier alpha value is -2.14. The molecule has 2 aromatic rings. The molecule has 9 nitrogen and oxygen atoms in total. The largest absolute Gasteiger partial charge is 0.328 e. The zero-order valence-electron chi connectivity index (χ0n) is 21.7. The van der Waals surface area contributed by atoms with E-state index in [1.165, 1.54) is 5.56 Å². The SMILES string of the molecule is Cn1nc(C2CCC(=O)NC2=O)c2ccc(C3CCN(CCCS(=O)N4CC5(CC(N)C5)C4)CC3)cc21. The normalized spacial score (nSPS) is 26.3. The Morgan fingerprint density at radius 3 is 2.62 bits per heavy atom. The molecule has 4 fully saturated rings. The van der Waals surface area contributed by atoms with Crippen LogP contribution in [0.5, 0.6) is 0 Å². The molecular formula is C27H38N6O3S. The van der Waals surface area contributed by atoms with Gasteiger partial charge >= 0.3 is 0 Å². The minimum Gasteiger partial charge on any atom is -0.328 e. The van der Waals surface area contributed by atoms with Crippen LogP contribution in [0, 0.1) is 5.41 Å². The molecule has 1 aromatic heterocycles. The van der Waals surface area contributed by atoms with Crippen LogP contribution in [-0.2, 0) is 27.6 Å². The van der Waals surface area contributed by atoms with Crippen molar-refractivity contribution in [2.24, 2.45) is 18.2 Å². The molecule has 2 amide bonds. The summed E-state index contributed by atoms with van der Waals surface area (Å²) in [4.78, 5) is 26.5. The van der Waals surface area contributed by atoms with Crippen molar-refractivity contribution in [2.75, 3.05) is 38.5 Å². The number of amides is 2. The summed E-state index contributed by atoms with van der Waals surface area (Å²) < 4.78 is 16.6. The highest BCUT2D eigenvalue weighted by Gasteiger charge is 2.52. The van der Waals surface area contributed by atoms with Crippen molar-refractivity contribution in [3.8, 4) is 0 Å². The second kappa shape index (κ2) is 9.87. The molecule has 0 bridgehead atoms. The molecule has 1 aliphatic carbocycles. The lowest BCUT2D eigenvalue weighted by atomic mass is 9.62. The number of aromatic nitrogens is 2. The van der Waals surface area contributed by atoms with Crippen molar-refractivity contribution < 1.29 is 13.8 Å². The monoisotopic (exact) mass is 526 g/mol. The molecule has 1 saturated carbocycles. The van der Waals surface area contributed by atoms with Crippen molar-refractivity contribution in [3.63, 3.8) is 0 Å². The Morgan fingerprint density at radius 2 is 1.92 bits per heavy atom. The van der Waals surface area contributed by atoms with Crippen LogP contribution in [-0.4, -0.2) is 79.5 Å². The highest BCUT2D eigenvalue weighted by Crippen LogP contribution is 2.48. The molecule has 1 aromatic carbocycles. The summed E-state index contributed by atoms with van der Waals surface area (Å²) in [7, 11) is 1.08. The van der Waals surface area contributed by atoms with Gasteiger partial charge in [-0.3, -0.25) is 19.6 Å². The van der Waals surface area contributed by atoms with Crippen molar-refractivity contribution in [1.29, 1.82) is 0 Å². The Kier molecular flexibility index (Phi) is 6.71. The van der Waals surface area contributed by atoms with E-state index in [2.05, 4.69) is 37.8 Å². The number of hydrogen-bond donors (Lipinski definition) is 2. The van der Waals surface area contributed by atoms with Crippen molar-refractivity contribution >= 4 is 33.7 Å². The standard InChI is InChI=1S/C27H38N6O3S/c1-31-23-13-19(3-4-21(23)25(30-31)22-5-6-24(34)29-26(22)35)18-7-10-32(11-8-18)9-2-12-37(36)33-16-27(17-33)14-20(28)15-27/h3-4,13,18,20,22H,2,5-12,14-17,28H2,1H3,(H,29,34,35). The number of nitrogens with one attached hydrogen (secondary N) is 1. The zero-order valence-corrected chi connectivity index (χ0v) is 22.5. The number of nitrogens with two attached hydrogens (primary N) is 1. The minimum atomic E-state index is -0.849. The highest BCUT2D eigenvalue weighted by molar-refractivity contribution is 7.82.